The zero-order valence-electron chi connectivity index (χ0n) is 11.3. The Labute approximate surface area is 115 Å². The van der Waals surface area contributed by atoms with E-state index in [4.69, 9.17) is 4.74 Å². The van der Waals surface area contributed by atoms with Gasteiger partial charge in [-0.15, -0.1) is 11.3 Å². The number of nitrogens with one attached hydrogen (secondary N) is 2. The third kappa shape index (κ3) is 3.24. The van der Waals surface area contributed by atoms with E-state index in [9.17, 15) is 4.79 Å². The van der Waals surface area contributed by atoms with Gasteiger partial charge in [-0.2, -0.15) is 4.98 Å². The highest BCUT2D eigenvalue weighted by atomic mass is 32.1. The van der Waals surface area contributed by atoms with Crippen LogP contribution in [-0.2, 0) is 11.3 Å². The second-order valence-electron chi connectivity index (χ2n) is 4.45. The van der Waals surface area contributed by atoms with Crippen molar-refractivity contribution in [3.05, 3.63) is 17.3 Å². The summed E-state index contributed by atoms with van der Waals surface area (Å²) in [5, 5.41) is 7.90. The first-order valence-electron chi connectivity index (χ1n) is 6.10. The number of rotatable bonds is 6. The molecule has 2 rings (SSSR count). The predicted molar refractivity (Wildman–Crippen MR) is 74.6 cm³/mol. The molecule has 2 aromatic rings. The number of carbonyl (C=O) groups excluding carboxylic acids is 1. The number of carbonyl (C=O) groups is 1. The molecule has 6 nitrogen and oxygen atoms in total. The van der Waals surface area contributed by atoms with Crippen molar-refractivity contribution < 1.29 is 9.53 Å². The molecule has 0 spiro atoms. The maximum Gasteiger partial charge on any atom is 0.237 e. The molecule has 0 saturated carbocycles. The van der Waals surface area contributed by atoms with Gasteiger partial charge in [-0.3, -0.25) is 9.20 Å². The smallest absolute Gasteiger partial charge is 0.237 e. The van der Waals surface area contributed by atoms with E-state index >= 15 is 0 Å². The summed E-state index contributed by atoms with van der Waals surface area (Å²) < 4.78 is 7.21. The number of nitrogens with zero attached hydrogens (tertiary/aromatic N) is 2. The molecule has 0 atom stereocenters. The Hall–Kier alpha value is -1.60. The van der Waals surface area contributed by atoms with Gasteiger partial charge in [0.15, 0.2) is 4.96 Å². The van der Waals surface area contributed by atoms with E-state index in [-0.39, 0.29) is 18.5 Å². The SMILES string of the molecule is COc1nc2sccn2c1CNCC(=O)NC(C)C. The maximum absolute atomic E-state index is 11.5. The van der Waals surface area contributed by atoms with Crippen molar-refractivity contribution in [1.29, 1.82) is 0 Å². The summed E-state index contributed by atoms with van der Waals surface area (Å²) in [7, 11) is 1.60. The normalized spacial score (nSPS) is 11.2. The van der Waals surface area contributed by atoms with Crippen LogP contribution < -0.4 is 15.4 Å². The molecule has 0 aliphatic heterocycles. The van der Waals surface area contributed by atoms with Gasteiger partial charge in [-0.25, -0.2) is 0 Å². The first-order chi connectivity index (χ1) is 9.11. The van der Waals surface area contributed by atoms with Crippen molar-refractivity contribution in [2.45, 2.75) is 26.4 Å². The molecule has 2 heterocycles. The number of imidazole rings is 1. The van der Waals surface area contributed by atoms with Crippen LogP contribution in [0.5, 0.6) is 5.88 Å². The summed E-state index contributed by atoms with van der Waals surface area (Å²) in [6.45, 7) is 4.69. The zero-order chi connectivity index (χ0) is 13.8. The van der Waals surface area contributed by atoms with Crippen LogP contribution in [0, 0.1) is 0 Å². The lowest BCUT2D eigenvalue weighted by molar-refractivity contribution is -0.120. The number of fused-ring (bicyclic) bond motifs is 1. The standard InChI is InChI=1S/C12H18N4O2S/c1-8(2)14-10(17)7-13-6-9-11(18-3)15-12-16(9)4-5-19-12/h4-5,8,13H,6-7H2,1-3H3,(H,14,17). The highest BCUT2D eigenvalue weighted by molar-refractivity contribution is 7.15. The molecule has 0 fully saturated rings. The molecule has 0 aromatic carbocycles. The van der Waals surface area contributed by atoms with Gasteiger partial charge in [0.1, 0.15) is 5.69 Å². The van der Waals surface area contributed by atoms with Crippen LogP contribution in [0.2, 0.25) is 0 Å². The lowest BCUT2D eigenvalue weighted by Crippen LogP contribution is -2.37. The van der Waals surface area contributed by atoms with E-state index in [0.717, 1.165) is 10.7 Å². The van der Waals surface area contributed by atoms with E-state index in [1.54, 1.807) is 18.4 Å². The van der Waals surface area contributed by atoms with Crippen molar-refractivity contribution in [1.82, 2.24) is 20.0 Å². The maximum atomic E-state index is 11.5. The van der Waals surface area contributed by atoms with Crippen LogP contribution in [0.3, 0.4) is 0 Å². The summed E-state index contributed by atoms with van der Waals surface area (Å²) in [4.78, 5) is 16.8. The summed E-state index contributed by atoms with van der Waals surface area (Å²) in [5.74, 6) is 0.587. The van der Waals surface area contributed by atoms with Gasteiger partial charge in [0, 0.05) is 24.2 Å². The van der Waals surface area contributed by atoms with Gasteiger partial charge in [-0.1, -0.05) is 0 Å². The van der Waals surface area contributed by atoms with E-state index in [1.165, 1.54) is 0 Å². The molecule has 1 amide bonds. The average Bonchev–Trinajstić information content (AvgIpc) is 2.89. The topological polar surface area (TPSA) is 67.7 Å². The Kier molecular flexibility index (Phi) is 4.39. The van der Waals surface area contributed by atoms with Gasteiger partial charge in [-0.05, 0) is 13.8 Å². The van der Waals surface area contributed by atoms with Crippen LogP contribution >= 0.6 is 11.3 Å². The average molecular weight is 282 g/mol. The predicted octanol–water partition coefficient (Wildman–Crippen LogP) is 1.02. The molecule has 104 valence electrons. The van der Waals surface area contributed by atoms with Crippen LogP contribution in [0.1, 0.15) is 19.5 Å². The van der Waals surface area contributed by atoms with Gasteiger partial charge in [0.25, 0.3) is 0 Å². The summed E-state index contributed by atoms with van der Waals surface area (Å²) in [6, 6.07) is 0.155. The van der Waals surface area contributed by atoms with Crippen LogP contribution in [-0.4, -0.2) is 35.0 Å². The van der Waals surface area contributed by atoms with Crippen LogP contribution in [0.15, 0.2) is 11.6 Å². The summed E-state index contributed by atoms with van der Waals surface area (Å²) in [5.41, 5.74) is 0.927. The van der Waals surface area contributed by atoms with E-state index < -0.39 is 0 Å². The first kappa shape index (κ1) is 13.8. The van der Waals surface area contributed by atoms with Crippen molar-refractivity contribution in [3.63, 3.8) is 0 Å². The number of amides is 1. The molecule has 0 aliphatic carbocycles. The van der Waals surface area contributed by atoms with Crippen LogP contribution in [0.4, 0.5) is 0 Å². The number of ether oxygens (including phenoxy) is 1. The van der Waals surface area contributed by atoms with Crippen molar-refractivity contribution >= 4 is 22.2 Å². The second kappa shape index (κ2) is 6.03. The molecule has 0 radical (unpaired) electrons. The fourth-order valence-electron chi connectivity index (χ4n) is 1.80. The minimum absolute atomic E-state index is 0.0138. The van der Waals surface area contributed by atoms with Crippen molar-refractivity contribution in [2.24, 2.45) is 0 Å². The number of methoxy groups -OCH3 is 1. The van der Waals surface area contributed by atoms with E-state index in [0.29, 0.717) is 12.4 Å². The molecular weight excluding hydrogens is 264 g/mol. The molecular formula is C12H18N4O2S. The Balaban J connectivity index is 1.97. The molecule has 0 bridgehead atoms. The number of hydrogen-bond acceptors (Lipinski definition) is 5. The molecule has 2 aromatic heterocycles. The number of aromatic nitrogens is 2. The quantitative estimate of drug-likeness (QED) is 0.830. The third-order valence-electron chi connectivity index (χ3n) is 2.55. The van der Waals surface area contributed by atoms with E-state index in [1.807, 2.05) is 29.8 Å². The van der Waals surface area contributed by atoms with Crippen LogP contribution in [0.25, 0.3) is 4.96 Å². The third-order valence-corrected chi connectivity index (χ3v) is 3.30. The first-order valence-corrected chi connectivity index (χ1v) is 6.98. The fourth-order valence-corrected chi connectivity index (χ4v) is 2.53. The Morgan fingerprint density at radius 3 is 3.05 bits per heavy atom. The van der Waals surface area contributed by atoms with Gasteiger partial charge in [0.05, 0.1) is 13.7 Å². The fraction of sp³-hybridized carbons (Fsp3) is 0.500. The highest BCUT2D eigenvalue weighted by Gasteiger charge is 2.13. The second-order valence-corrected chi connectivity index (χ2v) is 5.32. The van der Waals surface area contributed by atoms with Gasteiger partial charge >= 0.3 is 0 Å². The van der Waals surface area contributed by atoms with E-state index in [2.05, 4.69) is 15.6 Å². The molecule has 0 unspecified atom stereocenters. The molecule has 7 heteroatoms. The molecule has 19 heavy (non-hydrogen) atoms. The number of hydrogen-bond donors (Lipinski definition) is 2. The van der Waals surface area contributed by atoms with Gasteiger partial charge in [0.2, 0.25) is 11.8 Å². The molecule has 0 saturated heterocycles. The molecule has 0 aliphatic rings. The zero-order valence-corrected chi connectivity index (χ0v) is 12.1. The number of thiazole rings is 1. The minimum Gasteiger partial charge on any atom is -0.480 e. The van der Waals surface area contributed by atoms with Crippen molar-refractivity contribution in [2.75, 3.05) is 13.7 Å². The monoisotopic (exact) mass is 282 g/mol. The highest BCUT2D eigenvalue weighted by Crippen LogP contribution is 2.22. The summed E-state index contributed by atoms with van der Waals surface area (Å²) >= 11 is 1.55. The van der Waals surface area contributed by atoms with Gasteiger partial charge < -0.3 is 15.4 Å². The summed E-state index contributed by atoms with van der Waals surface area (Å²) in [6.07, 6.45) is 1.95. The molecule has 2 N–H and O–H groups in total. The lowest BCUT2D eigenvalue weighted by atomic mass is 10.4. The Bertz CT molecular complexity index is 561. The largest absolute Gasteiger partial charge is 0.480 e. The lowest BCUT2D eigenvalue weighted by Gasteiger charge is -2.09. The minimum atomic E-state index is -0.0138. The van der Waals surface area contributed by atoms with Crippen molar-refractivity contribution in [3.8, 4) is 5.88 Å². The Morgan fingerprint density at radius 2 is 2.37 bits per heavy atom. The Morgan fingerprint density at radius 1 is 1.58 bits per heavy atom.